The molecule has 9 heteroatoms. The van der Waals surface area contributed by atoms with Crippen LogP contribution in [-0.4, -0.2) is 25.1 Å². The fourth-order valence-corrected chi connectivity index (χ4v) is 2.62. The molecule has 0 aliphatic rings. The fraction of sp³-hybridized carbons (Fsp3) is 0.333. The van der Waals surface area contributed by atoms with E-state index in [1.54, 1.807) is 19.2 Å². The number of nitro groups is 1. The second-order valence-electron chi connectivity index (χ2n) is 5.68. The number of hydrogen-bond acceptors (Lipinski definition) is 7. The highest BCUT2D eigenvalue weighted by Crippen LogP contribution is 2.29. The highest BCUT2D eigenvalue weighted by Gasteiger charge is 2.12. The lowest BCUT2D eigenvalue weighted by Crippen LogP contribution is -2.18. The van der Waals surface area contributed by atoms with E-state index >= 15 is 0 Å². The van der Waals surface area contributed by atoms with Crippen molar-refractivity contribution >= 4 is 17.1 Å². The summed E-state index contributed by atoms with van der Waals surface area (Å²) in [5, 5.41) is 13.5. The van der Waals surface area contributed by atoms with Gasteiger partial charge in [-0.15, -0.1) is 4.91 Å². The van der Waals surface area contributed by atoms with Crippen molar-refractivity contribution in [3.05, 3.63) is 63.6 Å². The van der Waals surface area contributed by atoms with E-state index in [1.165, 1.54) is 12.1 Å². The standard InChI is InChI=1S/C18H22N4O4.H3N/c1-26-18-11-9-16(10-12-18)21(14-4-2-3-13-19-20-23)15-5-7-17(8-6-15)22(24)25;/h5-12H,2-4,13-14H2,1H3,(H,19,23);1H3. The van der Waals surface area contributed by atoms with Gasteiger partial charge in [-0.2, -0.15) is 0 Å². The highest BCUT2D eigenvalue weighted by atomic mass is 16.6. The Balaban J connectivity index is 0.00000364. The lowest BCUT2D eigenvalue weighted by atomic mass is 10.1. The molecule has 0 heterocycles. The maximum Gasteiger partial charge on any atom is 0.269 e. The molecule has 0 saturated carbocycles. The molecule has 146 valence electrons. The van der Waals surface area contributed by atoms with E-state index in [2.05, 4.69) is 15.6 Å². The van der Waals surface area contributed by atoms with Crippen molar-refractivity contribution in [2.45, 2.75) is 19.3 Å². The Kier molecular flexibility index (Phi) is 9.24. The summed E-state index contributed by atoms with van der Waals surface area (Å²) in [7, 11) is 1.62. The average molecular weight is 375 g/mol. The minimum absolute atomic E-state index is 0. The van der Waals surface area contributed by atoms with Crippen LogP contribution in [0.5, 0.6) is 5.75 Å². The van der Waals surface area contributed by atoms with Crippen molar-refractivity contribution in [1.82, 2.24) is 11.6 Å². The molecule has 2 aromatic carbocycles. The monoisotopic (exact) mass is 375 g/mol. The largest absolute Gasteiger partial charge is 0.497 e. The molecule has 0 aliphatic carbocycles. The molecule has 0 amide bonds. The number of methoxy groups -OCH3 is 1. The lowest BCUT2D eigenvalue weighted by Gasteiger charge is -2.25. The van der Waals surface area contributed by atoms with Gasteiger partial charge in [0.1, 0.15) is 5.75 Å². The average Bonchev–Trinajstić information content (AvgIpc) is 2.68. The third-order valence-corrected chi connectivity index (χ3v) is 3.99. The summed E-state index contributed by atoms with van der Waals surface area (Å²) in [6, 6.07) is 14.2. The van der Waals surface area contributed by atoms with E-state index in [9.17, 15) is 15.0 Å². The summed E-state index contributed by atoms with van der Waals surface area (Å²) in [4.78, 5) is 22.6. The Bertz CT molecular complexity index is 707. The molecular weight excluding hydrogens is 350 g/mol. The van der Waals surface area contributed by atoms with E-state index in [0.29, 0.717) is 6.54 Å². The van der Waals surface area contributed by atoms with Crippen molar-refractivity contribution in [1.29, 1.82) is 0 Å². The Labute approximate surface area is 158 Å². The first-order chi connectivity index (χ1) is 12.7. The van der Waals surface area contributed by atoms with Crippen molar-refractivity contribution in [3.8, 4) is 5.75 Å². The Morgan fingerprint density at radius 3 is 2.15 bits per heavy atom. The summed E-state index contributed by atoms with van der Waals surface area (Å²) in [5.74, 6) is 0.768. The van der Waals surface area contributed by atoms with Gasteiger partial charge in [-0.05, 0) is 55.7 Å². The molecule has 2 aromatic rings. The van der Waals surface area contributed by atoms with E-state index in [0.717, 1.165) is 42.9 Å². The summed E-state index contributed by atoms with van der Waals surface area (Å²) >= 11 is 0. The van der Waals surface area contributed by atoms with Crippen LogP contribution in [0.25, 0.3) is 0 Å². The zero-order valence-electron chi connectivity index (χ0n) is 15.3. The third kappa shape index (κ3) is 6.55. The van der Waals surface area contributed by atoms with Gasteiger partial charge in [-0.3, -0.25) is 15.5 Å². The van der Waals surface area contributed by atoms with Crippen molar-refractivity contribution in [3.63, 3.8) is 0 Å². The van der Waals surface area contributed by atoms with Crippen LogP contribution in [0.3, 0.4) is 0 Å². The molecule has 2 rings (SSSR count). The zero-order valence-corrected chi connectivity index (χ0v) is 15.3. The second kappa shape index (κ2) is 11.4. The predicted molar refractivity (Wildman–Crippen MR) is 106 cm³/mol. The minimum atomic E-state index is -0.407. The SMILES string of the molecule is COc1ccc(N(CCCCCNN=O)c2ccc([N+](=O)[O-])cc2)cc1.N. The number of rotatable bonds is 11. The molecule has 27 heavy (non-hydrogen) atoms. The Morgan fingerprint density at radius 1 is 1.04 bits per heavy atom. The zero-order chi connectivity index (χ0) is 18.8. The molecule has 0 radical (unpaired) electrons. The van der Waals surface area contributed by atoms with Gasteiger partial charge in [0.15, 0.2) is 0 Å². The van der Waals surface area contributed by atoms with Crippen LogP contribution in [0.4, 0.5) is 17.1 Å². The van der Waals surface area contributed by atoms with Crippen LogP contribution in [0.15, 0.2) is 53.8 Å². The maximum atomic E-state index is 10.9. The summed E-state index contributed by atoms with van der Waals surface area (Å²) in [5.41, 5.74) is 4.33. The highest BCUT2D eigenvalue weighted by molar-refractivity contribution is 5.65. The molecule has 0 atom stereocenters. The molecule has 4 N–H and O–H groups in total. The molecule has 0 bridgehead atoms. The number of nitrogens with zero attached hydrogens (tertiary/aromatic N) is 3. The van der Waals surface area contributed by atoms with E-state index in [-0.39, 0.29) is 11.8 Å². The molecule has 0 aliphatic heterocycles. The molecule has 0 unspecified atom stereocenters. The second-order valence-corrected chi connectivity index (χ2v) is 5.68. The van der Waals surface area contributed by atoms with Gasteiger partial charge in [0.05, 0.1) is 12.0 Å². The number of anilines is 2. The molecule has 0 fully saturated rings. The maximum absolute atomic E-state index is 10.9. The van der Waals surface area contributed by atoms with Crippen LogP contribution in [0.1, 0.15) is 19.3 Å². The van der Waals surface area contributed by atoms with Crippen LogP contribution in [0.2, 0.25) is 0 Å². The van der Waals surface area contributed by atoms with E-state index in [1.807, 2.05) is 24.3 Å². The van der Waals surface area contributed by atoms with Crippen LogP contribution >= 0.6 is 0 Å². The molecule has 0 saturated heterocycles. The quantitative estimate of drug-likeness (QED) is 0.258. The summed E-state index contributed by atoms with van der Waals surface area (Å²) in [6.45, 7) is 1.31. The van der Waals surface area contributed by atoms with Gasteiger partial charge in [-0.1, -0.05) is 0 Å². The summed E-state index contributed by atoms with van der Waals surface area (Å²) < 4.78 is 5.20. The molecule has 0 spiro atoms. The van der Waals surface area contributed by atoms with Gasteiger partial charge >= 0.3 is 0 Å². The first-order valence-corrected chi connectivity index (χ1v) is 8.37. The first-order valence-electron chi connectivity index (χ1n) is 8.37. The third-order valence-electron chi connectivity index (χ3n) is 3.99. The van der Waals surface area contributed by atoms with Crippen LogP contribution in [0, 0.1) is 15.0 Å². The number of nitro benzene ring substituents is 1. The number of ether oxygens (including phenoxy) is 1. The fourth-order valence-electron chi connectivity index (χ4n) is 2.62. The van der Waals surface area contributed by atoms with Crippen molar-refractivity contribution < 1.29 is 9.66 Å². The smallest absolute Gasteiger partial charge is 0.269 e. The van der Waals surface area contributed by atoms with Crippen molar-refractivity contribution in [2.75, 3.05) is 25.1 Å². The Hall–Kier alpha value is -3.20. The number of hydrogen-bond donors (Lipinski definition) is 2. The molecular formula is C18H25N5O4. The predicted octanol–water partition coefficient (Wildman–Crippen LogP) is 4.34. The number of benzene rings is 2. The van der Waals surface area contributed by atoms with E-state index in [4.69, 9.17) is 4.74 Å². The lowest BCUT2D eigenvalue weighted by molar-refractivity contribution is -0.384. The van der Waals surface area contributed by atoms with Gasteiger partial charge in [0.25, 0.3) is 5.69 Å². The van der Waals surface area contributed by atoms with Crippen molar-refractivity contribution in [2.24, 2.45) is 5.29 Å². The van der Waals surface area contributed by atoms with Crippen LogP contribution in [-0.2, 0) is 0 Å². The van der Waals surface area contributed by atoms with Gasteiger partial charge in [-0.25, -0.2) is 0 Å². The number of non-ortho nitro benzene ring substituents is 1. The molecule has 0 aromatic heterocycles. The summed E-state index contributed by atoms with van der Waals surface area (Å²) in [6.07, 6.45) is 2.69. The van der Waals surface area contributed by atoms with Gasteiger partial charge in [0, 0.05) is 41.9 Å². The van der Waals surface area contributed by atoms with Gasteiger partial charge in [0.2, 0.25) is 0 Å². The Morgan fingerprint density at radius 2 is 1.63 bits per heavy atom. The number of nitroso groups, excluding NO2 is 1. The topological polar surface area (TPSA) is 132 Å². The number of unbranched alkanes of at least 4 members (excludes halogenated alkanes) is 2. The minimum Gasteiger partial charge on any atom is -0.497 e. The van der Waals surface area contributed by atoms with Gasteiger partial charge < -0.3 is 15.8 Å². The molecule has 9 nitrogen and oxygen atoms in total. The first kappa shape index (κ1) is 21.8. The van der Waals surface area contributed by atoms with Crippen LogP contribution < -0.4 is 21.2 Å². The van der Waals surface area contributed by atoms with E-state index < -0.39 is 4.92 Å². The normalized spacial score (nSPS) is 9.81. The number of nitrogens with one attached hydrogen (secondary N) is 1.